The second kappa shape index (κ2) is 3.96. The Balaban J connectivity index is 2.26. The van der Waals surface area contributed by atoms with Crippen LogP contribution < -0.4 is 0 Å². The molecule has 1 aliphatic rings. The zero-order valence-electron chi connectivity index (χ0n) is 8.12. The normalized spacial score (nSPS) is 21.1. The highest BCUT2D eigenvalue weighted by molar-refractivity contribution is 7.90. The molecule has 0 aromatic heterocycles. The molecule has 0 amide bonds. The highest BCUT2D eigenvalue weighted by Crippen LogP contribution is 2.44. The molecule has 0 saturated heterocycles. The fourth-order valence-electron chi connectivity index (χ4n) is 1.87. The van der Waals surface area contributed by atoms with Crippen molar-refractivity contribution in [3.63, 3.8) is 0 Å². The van der Waals surface area contributed by atoms with E-state index in [0.29, 0.717) is 6.42 Å². The zero-order valence-corrected chi connectivity index (χ0v) is 8.94. The minimum atomic E-state index is -2.82. The molecule has 0 aliphatic heterocycles. The number of rotatable bonds is 5. The summed E-state index contributed by atoms with van der Waals surface area (Å²) in [6, 6.07) is 0. The van der Waals surface area contributed by atoms with Crippen molar-refractivity contribution in [1.82, 2.24) is 0 Å². The van der Waals surface area contributed by atoms with Gasteiger partial charge in [0.05, 0.1) is 0 Å². The second-order valence-corrected chi connectivity index (χ2v) is 6.50. The van der Waals surface area contributed by atoms with Crippen LogP contribution in [0.5, 0.6) is 0 Å². The van der Waals surface area contributed by atoms with Gasteiger partial charge < -0.3 is 5.11 Å². The first-order valence-corrected chi connectivity index (χ1v) is 6.82. The Labute approximate surface area is 80.1 Å². The molecule has 4 heteroatoms. The van der Waals surface area contributed by atoms with Gasteiger partial charge in [-0.25, -0.2) is 8.42 Å². The van der Waals surface area contributed by atoms with Crippen LogP contribution in [0.15, 0.2) is 0 Å². The summed E-state index contributed by atoms with van der Waals surface area (Å²) in [6.07, 6.45) is 6.12. The standard InChI is InChI=1S/C9H18O3S/c1-13(11,12)7-3-6-9(8-10)4-2-5-9/h10H,2-8H2,1H3. The molecule has 1 saturated carbocycles. The van der Waals surface area contributed by atoms with Crippen LogP contribution in [0.2, 0.25) is 0 Å². The predicted octanol–water partition coefficient (Wildman–Crippen LogP) is 0.974. The third-order valence-corrected chi connectivity index (χ3v) is 4.00. The van der Waals surface area contributed by atoms with Gasteiger partial charge in [-0.05, 0) is 31.1 Å². The van der Waals surface area contributed by atoms with E-state index >= 15 is 0 Å². The number of hydrogen-bond acceptors (Lipinski definition) is 3. The zero-order chi connectivity index (χ0) is 9.95. The van der Waals surface area contributed by atoms with Gasteiger partial charge in [0.15, 0.2) is 0 Å². The fourth-order valence-corrected chi connectivity index (χ4v) is 2.54. The van der Waals surface area contributed by atoms with Crippen molar-refractivity contribution < 1.29 is 13.5 Å². The van der Waals surface area contributed by atoms with Crippen LogP contribution in [0, 0.1) is 5.41 Å². The van der Waals surface area contributed by atoms with E-state index in [1.54, 1.807) is 0 Å². The fraction of sp³-hybridized carbons (Fsp3) is 1.00. The van der Waals surface area contributed by atoms with Gasteiger partial charge in [-0.15, -0.1) is 0 Å². The molecule has 1 rings (SSSR count). The van der Waals surface area contributed by atoms with E-state index in [2.05, 4.69) is 0 Å². The summed E-state index contributed by atoms with van der Waals surface area (Å²) >= 11 is 0. The van der Waals surface area contributed by atoms with Crippen molar-refractivity contribution >= 4 is 9.84 Å². The minimum absolute atomic E-state index is 0.0741. The highest BCUT2D eigenvalue weighted by Gasteiger charge is 2.35. The average Bonchev–Trinajstić information content (AvgIpc) is 1.92. The summed E-state index contributed by atoms with van der Waals surface area (Å²) in [6.45, 7) is 0.219. The third-order valence-electron chi connectivity index (χ3n) is 2.97. The Morgan fingerprint density at radius 2 is 2.00 bits per heavy atom. The number of aliphatic hydroxyl groups excluding tert-OH is 1. The molecule has 0 spiro atoms. The van der Waals surface area contributed by atoms with Crippen molar-refractivity contribution in [3.05, 3.63) is 0 Å². The predicted molar refractivity (Wildman–Crippen MR) is 52.3 cm³/mol. The molecule has 0 radical (unpaired) electrons. The number of hydrogen-bond donors (Lipinski definition) is 1. The van der Waals surface area contributed by atoms with Crippen LogP contribution in [0.25, 0.3) is 0 Å². The third kappa shape index (κ3) is 3.27. The Morgan fingerprint density at radius 1 is 1.38 bits per heavy atom. The molecule has 3 nitrogen and oxygen atoms in total. The molecule has 1 fully saturated rings. The van der Waals surface area contributed by atoms with Crippen molar-refractivity contribution in [1.29, 1.82) is 0 Å². The molecule has 0 bridgehead atoms. The van der Waals surface area contributed by atoms with E-state index in [1.807, 2.05) is 0 Å². The summed E-state index contributed by atoms with van der Waals surface area (Å²) in [4.78, 5) is 0. The smallest absolute Gasteiger partial charge is 0.147 e. The lowest BCUT2D eigenvalue weighted by atomic mass is 9.67. The Morgan fingerprint density at radius 3 is 2.31 bits per heavy atom. The first-order chi connectivity index (χ1) is 5.97. The van der Waals surface area contributed by atoms with Gasteiger partial charge >= 0.3 is 0 Å². The van der Waals surface area contributed by atoms with E-state index < -0.39 is 9.84 Å². The molecular formula is C9H18O3S. The summed E-state index contributed by atoms with van der Waals surface area (Å²) in [7, 11) is -2.82. The van der Waals surface area contributed by atoms with Gasteiger partial charge in [-0.2, -0.15) is 0 Å². The summed E-state index contributed by atoms with van der Waals surface area (Å²) in [5.41, 5.74) is 0.0741. The largest absolute Gasteiger partial charge is 0.396 e. The highest BCUT2D eigenvalue weighted by atomic mass is 32.2. The minimum Gasteiger partial charge on any atom is -0.396 e. The van der Waals surface area contributed by atoms with Gasteiger partial charge in [-0.1, -0.05) is 6.42 Å². The van der Waals surface area contributed by atoms with Gasteiger partial charge in [0.25, 0.3) is 0 Å². The van der Waals surface area contributed by atoms with E-state index in [1.165, 1.54) is 12.7 Å². The van der Waals surface area contributed by atoms with Crippen molar-refractivity contribution in [3.8, 4) is 0 Å². The first kappa shape index (κ1) is 11.0. The van der Waals surface area contributed by atoms with Crippen LogP contribution in [-0.4, -0.2) is 32.1 Å². The molecule has 0 aromatic carbocycles. The molecular weight excluding hydrogens is 188 g/mol. The van der Waals surface area contributed by atoms with Crippen LogP contribution in [-0.2, 0) is 9.84 Å². The maximum absolute atomic E-state index is 10.8. The lowest BCUT2D eigenvalue weighted by molar-refractivity contribution is 0.0357. The van der Waals surface area contributed by atoms with Gasteiger partial charge in [0.2, 0.25) is 0 Å². The summed E-state index contributed by atoms with van der Waals surface area (Å²) in [5.74, 6) is 0.259. The van der Waals surface area contributed by atoms with Crippen molar-refractivity contribution in [2.45, 2.75) is 32.1 Å². The van der Waals surface area contributed by atoms with Crippen molar-refractivity contribution in [2.75, 3.05) is 18.6 Å². The second-order valence-electron chi connectivity index (χ2n) is 4.25. The molecule has 0 aromatic rings. The van der Waals surface area contributed by atoms with E-state index in [0.717, 1.165) is 19.3 Å². The van der Waals surface area contributed by atoms with Crippen LogP contribution >= 0.6 is 0 Å². The SMILES string of the molecule is CS(=O)(=O)CCCC1(CO)CCC1. The molecule has 1 N–H and O–H groups in total. The Kier molecular flexibility index (Phi) is 3.35. The van der Waals surface area contributed by atoms with E-state index in [-0.39, 0.29) is 17.8 Å². The Hall–Kier alpha value is -0.0900. The molecule has 0 unspecified atom stereocenters. The average molecular weight is 206 g/mol. The summed E-state index contributed by atoms with van der Waals surface area (Å²) < 4.78 is 21.7. The van der Waals surface area contributed by atoms with Gasteiger partial charge in [0.1, 0.15) is 9.84 Å². The number of aliphatic hydroxyl groups is 1. The molecule has 13 heavy (non-hydrogen) atoms. The van der Waals surface area contributed by atoms with Gasteiger partial charge in [-0.3, -0.25) is 0 Å². The molecule has 1 aliphatic carbocycles. The lowest BCUT2D eigenvalue weighted by Gasteiger charge is -2.40. The van der Waals surface area contributed by atoms with E-state index in [9.17, 15) is 8.42 Å². The molecule has 0 atom stereocenters. The van der Waals surface area contributed by atoms with Crippen LogP contribution in [0.1, 0.15) is 32.1 Å². The van der Waals surface area contributed by atoms with Crippen LogP contribution in [0.3, 0.4) is 0 Å². The quantitative estimate of drug-likeness (QED) is 0.729. The molecule has 0 heterocycles. The first-order valence-electron chi connectivity index (χ1n) is 4.76. The maximum atomic E-state index is 10.8. The van der Waals surface area contributed by atoms with E-state index in [4.69, 9.17) is 5.11 Å². The number of sulfone groups is 1. The van der Waals surface area contributed by atoms with Gasteiger partial charge in [0, 0.05) is 18.6 Å². The summed E-state index contributed by atoms with van der Waals surface area (Å²) in [5, 5.41) is 9.12. The van der Waals surface area contributed by atoms with Crippen LogP contribution in [0.4, 0.5) is 0 Å². The maximum Gasteiger partial charge on any atom is 0.147 e. The lowest BCUT2D eigenvalue weighted by Crippen LogP contribution is -2.33. The monoisotopic (exact) mass is 206 g/mol. The topological polar surface area (TPSA) is 54.4 Å². The molecule has 78 valence electrons. The Bertz CT molecular complexity index is 247. The van der Waals surface area contributed by atoms with Crippen molar-refractivity contribution in [2.24, 2.45) is 5.41 Å².